The van der Waals surface area contributed by atoms with Crippen LogP contribution in [0.3, 0.4) is 0 Å². The summed E-state index contributed by atoms with van der Waals surface area (Å²) in [5, 5.41) is 8.94. The number of alkyl halides is 2. The normalized spacial score (nSPS) is 13.7. The van der Waals surface area contributed by atoms with Gasteiger partial charge in [-0.15, -0.1) is 23.2 Å². The molecule has 2 aliphatic rings. The summed E-state index contributed by atoms with van der Waals surface area (Å²) in [5.74, 6) is -1.96. The fourth-order valence-electron chi connectivity index (χ4n) is 6.73. The Morgan fingerprint density at radius 1 is 0.632 bits per heavy atom. The summed E-state index contributed by atoms with van der Waals surface area (Å²) >= 11 is 10.5. The number of carboxylic acids is 1. The molecule has 0 saturated carbocycles. The Kier molecular flexibility index (Phi) is 33.5. The number of ether oxygens (including phenoxy) is 3. The van der Waals surface area contributed by atoms with Gasteiger partial charge in [-0.3, -0.25) is 13.3 Å². The maximum Gasteiger partial charge on any atom is 1.00 e. The zero-order valence-electron chi connectivity index (χ0n) is 44.5. The summed E-state index contributed by atoms with van der Waals surface area (Å²) in [4.78, 5) is 44.9. The maximum absolute atomic E-state index is 11.8. The molecule has 2 fully saturated rings. The van der Waals surface area contributed by atoms with Gasteiger partial charge in [0.05, 0.1) is 78.0 Å². The van der Waals surface area contributed by atoms with Crippen LogP contribution in [0.25, 0.3) is 0 Å². The molecule has 76 heavy (non-hydrogen) atoms. The molecule has 0 aliphatic carbocycles. The standard InChI is InChI=1S/C12H16ClNO4S.C12H15NO4S.C11H13NO4S.C9H11NO2.C2H4Cl2O2S.Li.Na.H2O.H/c1-9-6-10(12(15)18-2)8-11(7-9)14-19(16,17)5-3-4-13;1-9-6-10(12(14)17-2)8-11(7-9)13-4-3-5-18(13,15)16;1-8-5-9(11(13)14)7-10(6-8)12-3-2-4-17(12,15)16;1-6-3-7(9(11)12-2)5-8(10)4-6;3-1-2-7(4,5)6;;;;/h6-8,14H,3-5H2,1-2H3;6-8H,3-5H2,1-2H3;5-7H,2-4H2,1H3,(H,13,14);3-5H,10H2,1-2H3;1-2H2;;;1H2;/q;;;;;2*+1;;-1/p-1. The summed E-state index contributed by atoms with van der Waals surface area (Å²) in [7, 11) is -4.62. The van der Waals surface area contributed by atoms with E-state index in [0.717, 1.165) is 22.3 Å². The van der Waals surface area contributed by atoms with Crippen LogP contribution in [0.5, 0.6) is 0 Å². The van der Waals surface area contributed by atoms with Crippen molar-refractivity contribution in [2.75, 3.05) is 88.3 Å². The van der Waals surface area contributed by atoms with Crippen molar-refractivity contribution in [2.24, 2.45) is 0 Å². The van der Waals surface area contributed by atoms with Gasteiger partial charge in [-0.05, 0) is 142 Å². The largest absolute Gasteiger partial charge is 1.00 e. The predicted molar refractivity (Wildman–Crippen MR) is 288 cm³/mol. The molecule has 0 amide bonds. The number of nitrogens with zero attached hydrogens (tertiary/aromatic N) is 2. The molecule has 30 heteroatoms. The number of aryl methyl sites for hydroxylation is 4. The average Bonchev–Trinajstić information content (AvgIpc) is 3.85. The Hall–Kier alpha value is -3.81. The van der Waals surface area contributed by atoms with Gasteiger partial charge in [0.1, 0.15) is 0 Å². The van der Waals surface area contributed by atoms with E-state index in [0.29, 0.717) is 71.8 Å². The van der Waals surface area contributed by atoms with Crippen molar-refractivity contribution in [1.29, 1.82) is 0 Å². The number of carbonyl (C=O) groups excluding carboxylic acids is 3. The fourth-order valence-corrected chi connectivity index (χ4v) is 12.5. The van der Waals surface area contributed by atoms with Crippen molar-refractivity contribution < 1.29 is 127 Å². The van der Waals surface area contributed by atoms with Gasteiger partial charge in [0, 0.05) is 46.9 Å². The second-order valence-electron chi connectivity index (χ2n) is 16.0. The Morgan fingerprint density at radius 3 is 1.36 bits per heavy atom. The van der Waals surface area contributed by atoms with Crippen LogP contribution in [0.4, 0.5) is 22.7 Å². The molecule has 21 nitrogen and oxygen atoms in total. The van der Waals surface area contributed by atoms with Gasteiger partial charge in [0.15, 0.2) is 0 Å². The molecule has 6 rings (SSSR count). The number of nitrogens with one attached hydrogen (secondary N) is 1. The van der Waals surface area contributed by atoms with Gasteiger partial charge in [-0.1, -0.05) is 0 Å². The Morgan fingerprint density at radius 2 is 1.01 bits per heavy atom. The average molecular weight is 1210 g/mol. The van der Waals surface area contributed by atoms with Gasteiger partial charge >= 0.3 is 72.3 Å². The van der Waals surface area contributed by atoms with Crippen LogP contribution >= 0.6 is 33.9 Å². The minimum atomic E-state index is -3.45. The summed E-state index contributed by atoms with van der Waals surface area (Å²) in [5.41, 5.74) is 12.0. The third-order valence-corrected chi connectivity index (χ3v) is 16.7. The molecule has 4 aromatic rings. The van der Waals surface area contributed by atoms with Crippen LogP contribution in [0.15, 0.2) is 72.8 Å². The van der Waals surface area contributed by atoms with Crippen LogP contribution in [0.1, 0.15) is 84.4 Å². The van der Waals surface area contributed by atoms with Gasteiger partial charge in [-0.2, -0.15) is 0 Å². The number of esters is 3. The zero-order chi connectivity index (χ0) is 55.5. The minimum Gasteiger partial charge on any atom is -1.00 e. The third-order valence-electron chi connectivity index (χ3n) is 9.73. The van der Waals surface area contributed by atoms with Gasteiger partial charge in [0.25, 0.3) is 0 Å². The summed E-state index contributed by atoms with van der Waals surface area (Å²) < 4.78 is 109. The summed E-state index contributed by atoms with van der Waals surface area (Å²) in [6.45, 7) is 8.10. The molecular formula is C46H61Cl3LiN4NaO17S4. The topological polar surface area (TPSA) is 327 Å². The Labute approximate surface area is 495 Å². The SMILES string of the molecule is COC(=O)c1cc(C)cc(N)c1.COC(=O)c1cc(C)cc(N2CCCS2(=O)=O)c1.COC(=O)c1cc(C)cc(NS(=O)(=O)CCCCl)c1.Cc1cc(C(=O)O)cc(N2CCCS2(=O)=O)c1.O=S(=O)(Cl)CCCl.[H-].[Li+].[Na+].[OH-]. The zero-order valence-corrected chi connectivity index (χ0v) is 51.0. The number of carboxylic acid groups (broad SMARTS) is 1. The Bertz CT molecular complexity index is 3060. The first-order valence-corrected chi connectivity index (χ1v) is 30.1. The molecule has 2 aliphatic heterocycles. The van der Waals surface area contributed by atoms with Crippen molar-refractivity contribution in [1.82, 2.24) is 0 Å². The molecule has 0 spiro atoms. The summed E-state index contributed by atoms with van der Waals surface area (Å²) in [6.07, 6.45) is 1.56. The number of hydrogen-bond donors (Lipinski definition) is 3. The number of nitrogens with two attached hydrogens (primary N) is 1. The number of nitrogen functional groups attached to an aromatic ring is 1. The van der Waals surface area contributed by atoms with E-state index in [2.05, 4.69) is 18.9 Å². The number of sulfonamides is 3. The molecule has 2 heterocycles. The number of aromatic carboxylic acids is 1. The number of hydrogen-bond acceptors (Lipinski definition) is 17. The fraction of sp³-hybridized carbons (Fsp3) is 0.391. The molecule has 414 valence electrons. The van der Waals surface area contributed by atoms with Crippen LogP contribution in [-0.2, 0) is 53.3 Å². The van der Waals surface area contributed by atoms with Gasteiger partial charge in [-0.25, -0.2) is 52.8 Å². The molecule has 0 bridgehead atoms. The number of carbonyl (C=O) groups is 4. The maximum atomic E-state index is 11.8. The third kappa shape index (κ3) is 25.8. The molecule has 5 N–H and O–H groups in total. The first-order chi connectivity index (χ1) is 33.9. The van der Waals surface area contributed by atoms with Crippen molar-refractivity contribution in [3.63, 3.8) is 0 Å². The molecule has 0 atom stereocenters. The van der Waals surface area contributed by atoms with Crippen LogP contribution < -0.4 is 67.5 Å². The first-order valence-electron chi connectivity index (χ1n) is 21.7. The van der Waals surface area contributed by atoms with Crippen molar-refractivity contribution in [2.45, 2.75) is 47.0 Å². The van der Waals surface area contributed by atoms with Crippen LogP contribution in [0, 0.1) is 27.7 Å². The van der Waals surface area contributed by atoms with Crippen LogP contribution in [0.2, 0.25) is 0 Å². The van der Waals surface area contributed by atoms with Gasteiger partial charge < -0.3 is 32.0 Å². The predicted octanol–water partition coefficient (Wildman–Crippen LogP) is 0.808. The van der Waals surface area contributed by atoms with Crippen molar-refractivity contribution >= 4 is 120 Å². The van der Waals surface area contributed by atoms with E-state index in [4.69, 9.17) is 44.7 Å². The second kappa shape index (κ2) is 34.3. The number of rotatable bonds is 13. The smallest absolute Gasteiger partial charge is 1.00 e. The molecule has 2 saturated heterocycles. The number of benzene rings is 4. The number of methoxy groups -OCH3 is 3. The molecule has 0 unspecified atom stereocenters. The first kappa shape index (κ1) is 74.3. The number of anilines is 4. The molecule has 0 aromatic heterocycles. The Balaban J connectivity index is -0.000000903. The van der Waals surface area contributed by atoms with E-state index in [1.807, 2.05) is 13.8 Å². The van der Waals surface area contributed by atoms with Crippen molar-refractivity contribution in [3.05, 3.63) is 117 Å². The molecule has 0 radical (unpaired) electrons. The van der Waals surface area contributed by atoms with E-state index < -0.39 is 57.0 Å². The van der Waals surface area contributed by atoms with E-state index in [9.17, 15) is 52.8 Å². The monoisotopic (exact) mass is 1200 g/mol. The van der Waals surface area contributed by atoms with E-state index in [1.165, 1.54) is 48.1 Å². The van der Waals surface area contributed by atoms with Gasteiger partial charge in [0.2, 0.25) is 39.1 Å². The quantitative estimate of drug-likeness (QED) is 0.0416. The van der Waals surface area contributed by atoms with E-state index in [1.54, 1.807) is 68.4 Å². The molecule has 4 aromatic carbocycles. The van der Waals surface area contributed by atoms with Crippen molar-refractivity contribution in [3.8, 4) is 0 Å². The summed E-state index contributed by atoms with van der Waals surface area (Å²) in [6, 6.07) is 19.5. The molecular weight excluding hydrogens is 1150 g/mol. The minimum absolute atomic E-state index is 0. The van der Waals surface area contributed by atoms with E-state index >= 15 is 0 Å². The van der Waals surface area contributed by atoms with Crippen LogP contribution in [-0.4, -0.2) is 137 Å². The second-order valence-corrected chi connectivity index (χ2v) is 25.5. The van der Waals surface area contributed by atoms with E-state index in [-0.39, 0.29) is 102 Å². The number of halogens is 3.